The molecule has 1 aromatic heterocycles. The number of benzene rings is 3. The van der Waals surface area contributed by atoms with Crippen molar-refractivity contribution in [2.75, 3.05) is 11.5 Å². The van der Waals surface area contributed by atoms with Gasteiger partial charge in [-0.15, -0.1) is 0 Å². The second kappa shape index (κ2) is 3.99. The lowest BCUT2D eigenvalue weighted by Gasteiger charge is -2.08. The molecule has 4 aromatic rings. The Hall–Kier alpha value is -3.01. The van der Waals surface area contributed by atoms with Crippen LogP contribution in [0.5, 0.6) is 0 Å². The van der Waals surface area contributed by atoms with Gasteiger partial charge in [0.15, 0.2) is 0 Å². The van der Waals surface area contributed by atoms with Crippen LogP contribution in [0, 0.1) is 0 Å². The summed E-state index contributed by atoms with van der Waals surface area (Å²) in [5.74, 6) is 0. The highest BCUT2D eigenvalue weighted by atomic mass is 16.3. The number of anilines is 2. The highest BCUT2D eigenvalue weighted by Crippen LogP contribution is 2.32. The van der Waals surface area contributed by atoms with Gasteiger partial charge in [-0.3, -0.25) is 4.79 Å². The maximum Gasteiger partial charge on any atom is 0.201 e. The van der Waals surface area contributed by atoms with Gasteiger partial charge < -0.3 is 15.9 Å². The molecule has 0 amide bonds. The number of hydrogen-bond acceptors (Lipinski definition) is 4. The van der Waals surface area contributed by atoms with E-state index in [-0.39, 0.29) is 5.43 Å². The van der Waals surface area contributed by atoms with Crippen molar-refractivity contribution in [3.05, 3.63) is 58.8 Å². The van der Waals surface area contributed by atoms with E-state index < -0.39 is 0 Å². The molecule has 0 radical (unpaired) electrons. The van der Waals surface area contributed by atoms with Crippen LogP contribution in [0.4, 0.5) is 11.4 Å². The maximum absolute atomic E-state index is 12.8. The lowest BCUT2D eigenvalue weighted by molar-refractivity contribution is 0.660. The predicted octanol–water partition coefficient (Wildman–Crippen LogP) is 3.26. The molecule has 0 saturated heterocycles. The zero-order valence-corrected chi connectivity index (χ0v) is 11.1. The van der Waals surface area contributed by atoms with Crippen LogP contribution < -0.4 is 16.9 Å². The van der Waals surface area contributed by atoms with E-state index in [4.69, 9.17) is 15.9 Å². The minimum atomic E-state index is -0.0541. The van der Waals surface area contributed by atoms with Crippen molar-refractivity contribution < 1.29 is 4.42 Å². The van der Waals surface area contributed by atoms with Gasteiger partial charge in [-0.05, 0) is 35.7 Å². The third-order valence-electron chi connectivity index (χ3n) is 3.82. The van der Waals surface area contributed by atoms with Gasteiger partial charge in [-0.25, -0.2) is 0 Å². The lowest BCUT2D eigenvalue weighted by atomic mass is 10.0. The number of nitrogens with two attached hydrogens (primary N) is 2. The van der Waals surface area contributed by atoms with Crippen LogP contribution in [0.2, 0.25) is 0 Å². The molecule has 102 valence electrons. The number of hydrogen-bond donors (Lipinski definition) is 2. The summed E-state index contributed by atoms with van der Waals surface area (Å²) in [5.41, 5.74) is 13.9. The summed E-state index contributed by atoms with van der Waals surface area (Å²) in [4.78, 5) is 12.8. The number of para-hydroxylation sites is 1. The Kier molecular flexibility index (Phi) is 2.24. The molecule has 1 heterocycles. The largest absolute Gasteiger partial charge is 0.456 e. The SMILES string of the molecule is Nc1ccc2c(ccc3oc4ccccc4c(=O)c32)c1N. The summed E-state index contributed by atoms with van der Waals surface area (Å²) in [6.07, 6.45) is 0. The van der Waals surface area contributed by atoms with Crippen LogP contribution in [0.3, 0.4) is 0 Å². The van der Waals surface area contributed by atoms with Crippen molar-refractivity contribution in [3.8, 4) is 0 Å². The van der Waals surface area contributed by atoms with Gasteiger partial charge in [-0.2, -0.15) is 0 Å². The molecular weight excluding hydrogens is 264 g/mol. The predicted molar refractivity (Wildman–Crippen MR) is 86.3 cm³/mol. The molecule has 3 aromatic carbocycles. The lowest BCUT2D eigenvalue weighted by Crippen LogP contribution is -2.03. The Labute approximate surface area is 119 Å². The molecule has 0 aliphatic heterocycles. The average molecular weight is 276 g/mol. The first-order valence-corrected chi connectivity index (χ1v) is 6.59. The minimum absolute atomic E-state index is 0.0541. The Morgan fingerprint density at radius 1 is 0.762 bits per heavy atom. The van der Waals surface area contributed by atoms with Crippen molar-refractivity contribution >= 4 is 44.1 Å². The van der Waals surface area contributed by atoms with Gasteiger partial charge in [-0.1, -0.05) is 18.2 Å². The summed E-state index contributed by atoms with van der Waals surface area (Å²) in [5, 5.41) is 2.63. The smallest absolute Gasteiger partial charge is 0.201 e. The Bertz CT molecular complexity index is 1080. The fourth-order valence-electron chi connectivity index (χ4n) is 2.74. The van der Waals surface area contributed by atoms with Crippen LogP contribution >= 0.6 is 0 Å². The molecule has 0 fully saturated rings. The van der Waals surface area contributed by atoms with E-state index in [2.05, 4.69) is 0 Å². The summed E-state index contributed by atoms with van der Waals surface area (Å²) in [6.45, 7) is 0. The van der Waals surface area contributed by atoms with Gasteiger partial charge in [0.2, 0.25) is 5.43 Å². The van der Waals surface area contributed by atoms with E-state index in [1.54, 1.807) is 24.3 Å². The molecule has 0 spiro atoms. The van der Waals surface area contributed by atoms with Crippen molar-refractivity contribution in [3.63, 3.8) is 0 Å². The summed E-state index contributed by atoms with van der Waals surface area (Å²) < 4.78 is 5.83. The molecule has 0 unspecified atom stereocenters. The van der Waals surface area contributed by atoms with E-state index in [0.29, 0.717) is 33.3 Å². The molecule has 0 saturated carbocycles. The topological polar surface area (TPSA) is 82.2 Å². The van der Waals surface area contributed by atoms with E-state index in [1.807, 2.05) is 24.3 Å². The van der Waals surface area contributed by atoms with Crippen LogP contribution in [-0.2, 0) is 0 Å². The van der Waals surface area contributed by atoms with Gasteiger partial charge in [0, 0.05) is 5.39 Å². The van der Waals surface area contributed by atoms with Crippen molar-refractivity contribution in [1.29, 1.82) is 0 Å². The zero-order chi connectivity index (χ0) is 14.6. The molecular formula is C17H12N2O2. The fraction of sp³-hybridized carbons (Fsp3) is 0. The average Bonchev–Trinajstić information content (AvgIpc) is 2.51. The Balaban J connectivity index is 2.33. The van der Waals surface area contributed by atoms with Crippen LogP contribution in [0.1, 0.15) is 0 Å². The van der Waals surface area contributed by atoms with Crippen LogP contribution in [-0.4, -0.2) is 0 Å². The fourth-order valence-corrected chi connectivity index (χ4v) is 2.74. The molecule has 4 nitrogen and oxygen atoms in total. The minimum Gasteiger partial charge on any atom is -0.456 e. The summed E-state index contributed by atoms with van der Waals surface area (Å²) in [7, 11) is 0. The van der Waals surface area contributed by atoms with Crippen LogP contribution in [0.25, 0.3) is 32.7 Å². The van der Waals surface area contributed by atoms with Crippen molar-refractivity contribution in [1.82, 2.24) is 0 Å². The molecule has 0 bridgehead atoms. The highest BCUT2D eigenvalue weighted by Gasteiger charge is 2.12. The molecule has 4 heteroatoms. The van der Waals surface area contributed by atoms with Gasteiger partial charge in [0.25, 0.3) is 0 Å². The van der Waals surface area contributed by atoms with Crippen LogP contribution in [0.15, 0.2) is 57.7 Å². The van der Waals surface area contributed by atoms with Crippen molar-refractivity contribution in [2.45, 2.75) is 0 Å². The van der Waals surface area contributed by atoms with E-state index in [9.17, 15) is 4.79 Å². The quantitative estimate of drug-likeness (QED) is 0.293. The van der Waals surface area contributed by atoms with Gasteiger partial charge in [0.1, 0.15) is 11.2 Å². The molecule has 4 N–H and O–H groups in total. The first kappa shape index (κ1) is 11.8. The highest BCUT2D eigenvalue weighted by molar-refractivity contribution is 6.13. The summed E-state index contributed by atoms with van der Waals surface area (Å²) in [6, 6.07) is 14.3. The third-order valence-corrected chi connectivity index (χ3v) is 3.82. The van der Waals surface area contributed by atoms with E-state index >= 15 is 0 Å². The van der Waals surface area contributed by atoms with Crippen molar-refractivity contribution in [2.24, 2.45) is 0 Å². The first-order chi connectivity index (χ1) is 10.2. The molecule has 21 heavy (non-hydrogen) atoms. The number of rotatable bonds is 0. The number of nitrogen functional groups attached to an aromatic ring is 2. The monoisotopic (exact) mass is 276 g/mol. The van der Waals surface area contributed by atoms with E-state index in [1.165, 1.54) is 0 Å². The molecule has 4 rings (SSSR count). The molecule has 0 atom stereocenters. The second-order valence-electron chi connectivity index (χ2n) is 5.03. The normalized spacial score (nSPS) is 11.4. The number of fused-ring (bicyclic) bond motifs is 4. The Morgan fingerprint density at radius 2 is 1.52 bits per heavy atom. The zero-order valence-electron chi connectivity index (χ0n) is 11.1. The second-order valence-corrected chi connectivity index (χ2v) is 5.03. The van der Waals surface area contributed by atoms with E-state index in [0.717, 1.165) is 10.8 Å². The van der Waals surface area contributed by atoms with Gasteiger partial charge in [0.05, 0.1) is 22.1 Å². The first-order valence-electron chi connectivity index (χ1n) is 6.59. The van der Waals surface area contributed by atoms with Gasteiger partial charge >= 0.3 is 0 Å². The Morgan fingerprint density at radius 3 is 2.38 bits per heavy atom. The molecule has 0 aliphatic carbocycles. The molecule has 0 aliphatic rings. The standard InChI is InChI=1S/C17H12N2O2/c18-12-7-5-9-10(16(12)19)6-8-14-15(9)17(20)11-3-1-2-4-13(11)21-14/h1-8H,18-19H2. The summed E-state index contributed by atoms with van der Waals surface area (Å²) >= 11 is 0. The third kappa shape index (κ3) is 1.53. The maximum atomic E-state index is 12.8.